The molecule has 4 fully saturated rings. The molecule has 4 saturated carbocycles. The van der Waals surface area contributed by atoms with Crippen LogP contribution in [0.15, 0.2) is 29.0 Å². The number of nitrogen functional groups attached to an aromatic ring is 1. The second-order valence-corrected chi connectivity index (χ2v) is 15.2. The molecular formula is C36H53N9O4. The van der Waals surface area contributed by atoms with Crippen molar-refractivity contribution in [3.8, 4) is 5.75 Å². The van der Waals surface area contributed by atoms with Crippen molar-refractivity contribution in [2.45, 2.75) is 116 Å². The van der Waals surface area contributed by atoms with Crippen molar-refractivity contribution in [3.63, 3.8) is 0 Å². The van der Waals surface area contributed by atoms with Gasteiger partial charge in [0.05, 0.1) is 6.04 Å². The van der Waals surface area contributed by atoms with Crippen molar-refractivity contribution in [2.75, 3.05) is 12.3 Å². The molecule has 0 saturated heterocycles. The number of hydrogen-bond donors (Lipinski definition) is 6. The summed E-state index contributed by atoms with van der Waals surface area (Å²) in [6, 6.07) is 0.961. The van der Waals surface area contributed by atoms with Gasteiger partial charge in [-0.3, -0.25) is 9.59 Å². The minimum absolute atomic E-state index is 0.145. The van der Waals surface area contributed by atoms with Gasteiger partial charge in [0.1, 0.15) is 17.8 Å². The van der Waals surface area contributed by atoms with E-state index >= 15 is 0 Å². The summed E-state index contributed by atoms with van der Waals surface area (Å²) in [7, 11) is 0. The molecule has 266 valence electrons. The van der Waals surface area contributed by atoms with Crippen molar-refractivity contribution < 1.29 is 19.2 Å². The Bertz CT molecular complexity index is 1560. The van der Waals surface area contributed by atoms with E-state index in [0.717, 1.165) is 40.9 Å². The van der Waals surface area contributed by atoms with Crippen molar-refractivity contribution in [1.29, 1.82) is 0 Å². The van der Waals surface area contributed by atoms with Gasteiger partial charge in [0.2, 0.25) is 17.7 Å². The fourth-order valence-electron chi connectivity index (χ4n) is 9.30. The minimum atomic E-state index is -0.945. The van der Waals surface area contributed by atoms with E-state index in [1.807, 2.05) is 13.8 Å². The van der Waals surface area contributed by atoms with Crippen LogP contribution < -0.4 is 27.8 Å². The average molecular weight is 676 g/mol. The molecular weight excluding hydrogens is 622 g/mol. The Morgan fingerprint density at radius 2 is 1.71 bits per heavy atom. The number of carbonyl (C=O) groups is 2. The van der Waals surface area contributed by atoms with Gasteiger partial charge in [-0.2, -0.15) is 4.98 Å². The van der Waals surface area contributed by atoms with Crippen LogP contribution in [0.5, 0.6) is 5.75 Å². The van der Waals surface area contributed by atoms with Crippen LogP contribution >= 0.6 is 0 Å². The Morgan fingerprint density at radius 1 is 1.04 bits per heavy atom. The highest BCUT2D eigenvalue weighted by atomic mass is 16.5. The van der Waals surface area contributed by atoms with E-state index in [1.165, 1.54) is 38.5 Å². The molecule has 13 heteroatoms. The van der Waals surface area contributed by atoms with Crippen LogP contribution in [0.25, 0.3) is 0 Å². The number of aromatic hydroxyl groups is 1. The summed E-state index contributed by atoms with van der Waals surface area (Å²) in [6.45, 7) is 4.76. The number of nitrogens with zero attached hydrogens (tertiary/aromatic N) is 4. The van der Waals surface area contributed by atoms with Gasteiger partial charge in [-0.05, 0) is 137 Å². The smallest absolute Gasteiger partial charge is 0.249 e. The largest absolute Gasteiger partial charge is 0.508 e. The SMILES string of the molecule is Cc1cc(O)cc(C)c1C[C@H](NC(=O)[C@H](N)CCCn1ccnc1N)C(=O)N[C@H](CCCN)c1nc(CC23CC4CC(CC(C4)C2)C3)no1. The van der Waals surface area contributed by atoms with E-state index in [1.54, 1.807) is 29.1 Å². The molecule has 7 rings (SSSR count). The monoisotopic (exact) mass is 675 g/mol. The Morgan fingerprint density at radius 3 is 2.33 bits per heavy atom. The lowest BCUT2D eigenvalue weighted by molar-refractivity contribution is -0.130. The van der Waals surface area contributed by atoms with Crippen molar-refractivity contribution in [1.82, 2.24) is 30.3 Å². The molecule has 0 spiro atoms. The number of benzene rings is 1. The maximum Gasteiger partial charge on any atom is 0.249 e. The minimum Gasteiger partial charge on any atom is -0.508 e. The Labute approximate surface area is 288 Å². The molecule has 13 nitrogen and oxygen atoms in total. The number of imidazole rings is 1. The topological polar surface area (TPSA) is 213 Å². The van der Waals surface area contributed by atoms with Gasteiger partial charge in [-0.25, -0.2) is 4.98 Å². The highest BCUT2D eigenvalue weighted by Gasteiger charge is 2.51. The molecule has 1 aromatic carbocycles. The van der Waals surface area contributed by atoms with Crippen molar-refractivity contribution in [3.05, 3.63) is 52.9 Å². The lowest BCUT2D eigenvalue weighted by atomic mass is 9.49. The molecule has 2 heterocycles. The van der Waals surface area contributed by atoms with E-state index in [2.05, 4.69) is 20.8 Å². The predicted molar refractivity (Wildman–Crippen MR) is 185 cm³/mol. The first kappa shape index (κ1) is 34.9. The number of amides is 2. The number of phenolic OH excluding ortho intramolecular Hbond substituents is 1. The Balaban J connectivity index is 1.16. The van der Waals surface area contributed by atoms with Crippen LogP contribution in [-0.4, -0.2) is 55.2 Å². The first-order valence-electron chi connectivity index (χ1n) is 18.0. The number of phenols is 1. The Kier molecular flexibility index (Phi) is 10.6. The summed E-state index contributed by atoms with van der Waals surface area (Å²) in [4.78, 5) is 36.4. The highest BCUT2D eigenvalue weighted by molar-refractivity contribution is 5.90. The van der Waals surface area contributed by atoms with E-state index < -0.39 is 24.0 Å². The number of aromatic nitrogens is 4. The van der Waals surface area contributed by atoms with Gasteiger partial charge in [0.15, 0.2) is 11.8 Å². The molecule has 4 aliphatic carbocycles. The number of rotatable bonds is 16. The highest BCUT2D eigenvalue weighted by Crippen LogP contribution is 2.60. The standard InChI is InChI=1S/C36H53N9O4/c1-21-11-26(46)12-22(2)27(21)16-30(42-32(47)28(38)5-4-9-45-10-8-40-35(45)39)33(48)41-29(6-3-7-37)34-43-31(44-49-34)20-36-17-23-13-24(18-36)15-25(14-23)19-36/h8,10-12,23-25,28-30,46H,3-7,9,13-20,37-38H2,1-2H3,(H2,39,40)(H,41,48)(H,42,47)/t23?,24?,25?,28-,29-,30+,36?/m1/s1. The van der Waals surface area contributed by atoms with E-state index in [0.29, 0.717) is 56.4 Å². The number of hydrogen-bond acceptors (Lipinski definition) is 10. The van der Waals surface area contributed by atoms with Gasteiger partial charge in [-0.15, -0.1) is 0 Å². The van der Waals surface area contributed by atoms with Gasteiger partial charge in [0.25, 0.3) is 0 Å². The number of anilines is 1. The van der Waals surface area contributed by atoms with E-state index in [-0.39, 0.29) is 23.5 Å². The summed E-state index contributed by atoms with van der Waals surface area (Å²) in [6.07, 6.45) is 14.4. The summed E-state index contributed by atoms with van der Waals surface area (Å²) < 4.78 is 7.62. The van der Waals surface area contributed by atoms with E-state index in [9.17, 15) is 14.7 Å². The average Bonchev–Trinajstić information content (AvgIpc) is 3.67. The fourth-order valence-corrected chi connectivity index (χ4v) is 9.30. The van der Waals surface area contributed by atoms with Crippen LogP contribution in [0.2, 0.25) is 0 Å². The molecule has 2 amide bonds. The normalized spacial score (nSPS) is 24.4. The van der Waals surface area contributed by atoms with Gasteiger partial charge < -0.3 is 42.0 Å². The second kappa shape index (κ2) is 14.9. The van der Waals surface area contributed by atoms with Crippen LogP contribution in [-0.2, 0) is 29.0 Å². The third-order valence-corrected chi connectivity index (χ3v) is 11.2. The quantitative estimate of drug-likeness (QED) is 0.130. The second-order valence-electron chi connectivity index (χ2n) is 15.2. The zero-order valence-corrected chi connectivity index (χ0v) is 28.9. The first-order valence-corrected chi connectivity index (χ1v) is 18.0. The van der Waals surface area contributed by atoms with Crippen LogP contribution in [0.3, 0.4) is 0 Å². The molecule has 0 unspecified atom stereocenters. The van der Waals surface area contributed by atoms with Crippen LogP contribution in [0, 0.1) is 37.0 Å². The Hall–Kier alpha value is -3.97. The van der Waals surface area contributed by atoms with Crippen molar-refractivity contribution >= 4 is 17.8 Å². The lowest BCUT2D eigenvalue weighted by Crippen LogP contribution is -2.53. The number of nitrogens with one attached hydrogen (secondary N) is 2. The molecule has 3 atom stereocenters. The molecule has 9 N–H and O–H groups in total. The molecule has 2 aromatic heterocycles. The van der Waals surface area contributed by atoms with Gasteiger partial charge in [0, 0.05) is 31.8 Å². The molecule has 49 heavy (non-hydrogen) atoms. The number of nitrogens with two attached hydrogens (primary N) is 3. The molecule has 0 aliphatic heterocycles. The van der Waals surface area contributed by atoms with Crippen molar-refractivity contribution in [2.24, 2.45) is 34.6 Å². The zero-order chi connectivity index (χ0) is 34.7. The summed E-state index contributed by atoms with van der Waals surface area (Å²) in [5, 5.41) is 20.6. The van der Waals surface area contributed by atoms with Gasteiger partial charge >= 0.3 is 0 Å². The molecule has 4 aliphatic rings. The van der Waals surface area contributed by atoms with Crippen LogP contribution in [0.1, 0.15) is 98.7 Å². The summed E-state index contributed by atoms with van der Waals surface area (Å²) in [5.41, 5.74) is 20.8. The maximum atomic E-state index is 14.1. The maximum absolute atomic E-state index is 14.1. The molecule has 0 radical (unpaired) electrons. The fraction of sp³-hybridized carbons (Fsp3) is 0.639. The summed E-state index contributed by atoms with van der Waals surface area (Å²) in [5.74, 6) is 3.27. The summed E-state index contributed by atoms with van der Waals surface area (Å²) >= 11 is 0. The van der Waals surface area contributed by atoms with Gasteiger partial charge in [-0.1, -0.05) is 5.16 Å². The number of aryl methyl sites for hydroxylation is 3. The van der Waals surface area contributed by atoms with Crippen LogP contribution in [0.4, 0.5) is 5.95 Å². The number of carbonyl (C=O) groups excluding carboxylic acids is 2. The first-order chi connectivity index (χ1) is 23.5. The predicted octanol–water partition coefficient (Wildman–Crippen LogP) is 3.36. The van der Waals surface area contributed by atoms with E-state index in [4.69, 9.17) is 26.7 Å². The third-order valence-electron chi connectivity index (χ3n) is 11.2. The lowest BCUT2D eigenvalue weighted by Gasteiger charge is -2.56. The zero-order valence-electron chi connectivity index (χ0n) is 28.9. The third kappa shape index (κ3) is 8.26. The molecule has 4 bridgehead atoms. The molecule has 3 aromatic rings.